The van der Waals surface area contributed by atoms with Gasteiger partial charge in [-0.15, -0.1) is 0 Å². The Morgan fingerprint density at radius 2 is 0.420 bits per heavy atom. The SMILES string of the molecule is CCO.COc1cc2c3cc1OCCOc1cc4c(cc1OC)Cc1cc5c(OC)cc1Cc1cc(c(OC)cc1C4)OCCOc1cc(c(cc1OC)C3)Cc1cc(OC)c(cc1C2)OCCO5. The minimum atomic E-state index is 0.250. The molecule has 0 atom stereocenters. The second-order valence-electron chi connectivity index (χ2n) is 17.1. The third kappa shape index (κ3) is 9.92. The standard InChI is InChI=1S/C54H54O12.C2H6O/c1-55-43-19-31-13-38-26-50-45(57-3)21-33(38)15-39-27-52-44(56-2)20-32(39)14-37(31)25-49(43)61-7-8-62-51-28-40-16-35-23-47(59-5)54(66-12-11-64-52)30-42(35)18-36-24-48(60-6)53(65-10-9-63-50)29-41(36)17-34(40)22-46(51)58-4;1-2-3/h19-30H,7-18H2,1-6H3;3H,2H2,1H3. The lowest BCUT2D eigenvalue weighted by atomic mass is 9.94. The molecule has 13 nitrogen and oxygen atoms in total. The molecule has 20 rings (SSSR count). The Hall–Kier alpha value is -7.12. The van der Waals surface area contributed by atoms with Crippen LogP contribution in [0, 0.1) is 0 Å². The van der Waals surface area contributed by atoms with E-state index in [1.54, 1.807) is 49.6 Å². The van der Waals surface area contributed by atoms with Gasteiger partial charge < -0.3 is 61.9 Å². The van der Waals surface area contributed by atoms with E-state index in [-0.39, 0.29) is 46.2 Å². The smallest absolute Gasteiger partial charge is 0.161 e. The van der Waals surface area contributed by atoms with Crippen LogP contribution < -0.4 is 56.8 Å². The van der Waals surface area contributed by atoms with Crippen LogP contribution in [-0.4, -0.2) is 94.0 Å². The molecule has 2 aliphatic carbocycles. The van der Waals surface area contributed by atoms with Crippen LogP contribution in [0.5, 0.6) is 69.0 Å². The molecular weight excluding hydrogens is 881 g/mol. The topological polar surface area (TPSA) is 131 Å². The molecule has 0 fully saturated rings. The molecule has 6 aromatic carbocycles. The number of methoxy groups -OCH3 is 6. The van der Waals surface area contributed by atoms with E-state index in [9.17, 15) is 0 Å². The van der Waals surface area contributed by atoms with E-state index in [1.807, 2.05) is 0 Å². The van der Waals surface area contributed by atoms with Gasteiger partial charge in [-0.2, -0.15) is 0 Å². The summed E-state index contributed by atoms with van der Waals surface area (Å²) in [6.45, 7) is 3.46. The molecule has 0 radical (unpaired) electrons. The number of hydrogen-bond donors (Lipinski definition) is 1. The van der Waals surface area contributed by atoms with Crippen LogP contribution in [0.1, 0.15) is 73.7 Å². The van der Waals surface area contributed by atoms with Crippen LogP contribution in [0.25, 0.3) is 0 Å². The fraction of sp³-hybridized carbons (Fsp3) is 0.357. The average molecular weight is 941 g/mol. The summed E-state index contributed by atoms with van der Waals surface area (Å²) >= 11 is 0. The molecule has 362 valence electrons. The zero-order chi connectivity index (χ0) is 48.0. The maximum absolute atomic E-state index is 7.57. The van der Waals surface area contributed by atoms with Gasteiger partial charge in [-0.3, -0.25) is 0 Å². The molecular formula is C56H60O13. The third-order valence-electron chi connectivity index (χ3n) is 13.0. The molecule has 12 heterocycles. The predicted octanol–water partition coefficient (Wildman–Crippen LogP) is 8.91. The molecule has 1 N–H and O–H groups in total. The van der Waals surface area contributed by atoms with Crippen molar-refractivity contribution < 1.29 is 61.9 Å². The summed E-state index contributed by atoms with van der Waals surface area (Å²) in [5, 5.41) is 7.57. The van der Waals surface area contributed by atoms with Gasteiger partial charge in [0.1, 0.15) is 39.6 Å². The van der Waals surface area contributed by atoms with Crippen molar-refractivity contribution in [2.45, 2.75) is 45.4 Å². The highest BCUT2D eigenvalue weighted by Crippen LogP contribution is 2.44. The van der Waals surface area contributed by atoms with Crippen LogP contribution in [0.2, 0.25) is 0 Å². The Kier molecular flexibility index (Phi) is 14.3. The molecule has 0 unspecified atom stereocenters. The van der Waals surface area contributed by atoms with E-state index in [2.05, 4.69) is 72.8 Å². The predicted molar refractivity (Wildman–Crippen MR) is 261 cm³/mol. The largest absolute Gasteiger partial charge is 0.493 e. The molecule has 0 spiro atoms. The maximum Gasteiger partial charge on any atom is 0.161 e. The third-order valence-corrected chi connectivity index (χ3v) is 13.0. The lowest BCUT2D eigenvalue weighted by molar-refractivity contribution is 0.205. The molecule has 0 amide bonds. The summed E-state index contributed by atoms with van der Waals surface area (Å²) in [6.07, 6.45) is 3.60. The molecule has 6 aromatic rings. The van der Waals surface area contributed by atoms with Gasteiger partial charge >= 0.3 is 0 Å². The highest BCUT2D eigenvalue weighted by atomic mass is 16.6. The van der Waals surface area contributed by atoms with Gasteiger partial charge in [0.05, 0.1) is 42.7 Å². The Bertz CT molecular complexity index is 2340. The average Bonchev–Trinajstić information content (AvgIpc) is 3.45. The number of aliphatic hydroxyl groups excluding tert-OH is 1. The van der Waals surface area contributed by atoms with Crippen LogP contribution in [0.3, 0.4) is 0 Å². The Balaban J connectivity index is 0.00000193. The first-order valence-electron chi connectivity index (χ1n) is 23.3. The van der Waals surface area contributed by atoms with Crippen molar-refractivity contribution in [2.75, 3.05) is 88.9 Å². The van der Waals surface area contributed by atoms with Crippen molar-refractivity contribution in [3.05, 3.63) is 140 Å². The van der Waals surface area contributed by atoms with Gasteiger partial charge in [0.2, 0.25) is 0 Å². The number of rotatable bonds is 6. The monoisotopic (exact) mass is 940 g/mol. The first kappa shape index (κ1) is 47.0. The number of hydrogen-bond acceptors (Lipinski definition) is 13. The molecule has 14 aliphatic rings. The van der Waals surface area contributed by atoms with Crippen molar-refractivity contribution >= 4 is 0 Å². The van der Waals surface area contributed by atoms with Gasteiger partial charge in [-0.05, 0) is 185 Å². The summed E-state index contributed by atoms with van der Waals surface area (Å²) in [5.41, 5.74) is 13.0. The van der Waals surface area contributed by atoms with Crippen molar-refractivity contribution in [3.63, 3.8) is 0 Å². The minimum absolute atomic E-state index is 0.250. The Labute approximate surface area is 403 Å². The molecule has 12 aliphatic heterocycles. The van der Waals surface area contributed by atoms with Crippen molar-refractivity contribution in [2.24, 2.45) is 0 Å². The summed E-state index contributed by atoms with van der Waals surface area (Å²) in [4.78, 5) is 0. The number of aliphatic hydroxyl groups is 1. The second kappa shape index (κ2) is 21.0. The molecule has 69 heavy (non-hydrogen) atoms. The highest BCUT2D eigenvalue weighted by molar-refractivity contribution is 5.60. The highest BCUT2D eigenvalue weighted by Gasteiger charge is 2.26. The normalized spacial score (nSPS) is 14.4. The fourth-order valence-corrected chi connectivity index (χ4v) is 9.61. The molecule has 0 saturated carbocycles. The van der Waals surface area contributed by atoms with E-state index < -0.39 is 0 Å². The summed E-state index contributed by atoms with van der Waals surface area (Å²) < 4.78 is 75.3. The van der Waals surface area contributed by atoms with Gasteiger partial charge in [-0.1, -0.05) is 0 Å². The first-order valence-corrected chi connectivity index (χ1v) is 23.3. The van der Waals surface area contributed by atoms with E-state index in [1.165, 1.54) is 0 Å². The van der Waals surface area contributed by atoms with E-state index >= 15 is 0 Å². The summed E-state index contributed by atoms with van der Waals surface area (Å²) in [6, 6.07) is 25.1. The second-order valence-corrected chi connectivity index (χ2v) is 17.1. The zero-order valence-corrected chi connectivity index (χ0v) is 40.5. The maximum atomic E-state index is 7.57. The van der Waals surface area contributed by atoms with Crippen molar-refractivity contribution in [1.82, 2.24) is 0 Å². The lowest BCUT2D eigenvalue weighted by Gasteiger charge is -2.20. The molecule has 0 aromatic heterocycles. The van der Waals surface area contributed by atoms with Gasteiger partial charge in [0.15, 0.2) is 69.0 Å². The quantitative estimate of drug-likeness (QED) is 0.171. The van der Waals surface area contributed by atoms with Crippen LogP contribution >= 0.6 is 0 Å². The Morgan fingerprint density at radius 3 is 0.551 bits per heavy atom. The molecule has 18 bridgehead atoms. The first-order chi connectivity index (χ1) is 33.8. The number of ether oxygens (including phenoxy) is 12. The molecule has 13 heteroatoms. The van der Waals surface area contributed by atoms with Crippen molar-refractivity contribution in [3.8, 4) is 69.0 Å². The van der Waals surface area contributed by atoms with E-state index in [0.717, 1.165) is 66.8 Å². The van der Waals surface area contributed by atoms with E-state index in [4.69, 9.17) is 61.9 Å². The van der Waals surface area contributed by atoms with Crippen LogP contribution in [-0.2, 0) is 38.5 Å². The van der Waals surface area contributed by atoms with Crippen LogP contribution in [0.4, 0.5) is 0 Å². The zero-order valence-electron chi connectivity index (χ0n) is 40.5. The summed E-state index contributed by atoms with van der Waals surface area (Å²) in [5.74, 6) is 7.49. The Morgan fingerprint density at radius 1 is 0.290 bits per heavy atom. The number of benzene rings is 6. The molecule has 0 saturated heterocycles. The summed E-state index contributed by atoms with van der Waals surface area (Å²) in [7, 11) is 10.0. The van der Waals surface area contributed by atoms with Gasteiger partial charge in [0, 0.05) is 6.61 Å². The van der Waals surface area contributed by atoms with E-state index in [0.29, 0.717) is 108 Å². The van der Waals surface area contributed by atoms with Gasteiger partial charge in [-0.25, -0.2) is 0 Å². The fourth-order valence-electron chi connectivity index (χ4n) is 9.61. The lowest BCUT2D eigenvalue weighted by Crippen LogP contribution is -2.12. The van der Waals surface area contributed by atoms with Crippen molar-refractivity contribution in [1.29, 1.82) is 0 Å². The van der Waals surface area contributed by atoms with Crippen LogP contribution in [0.15, 0.2) is 72.8 Å². The van der Waals surface area contributed by atoms with Gasteiger partial charge in [0.25, 0.3) is 0 Å². The minimum Gasteiger partial charge on any atom is -0.493 e.